The number of anilines is 1. The van der Waals surface area contributed by atoms with Gasteiger partial charge in [0.2, 0.25) is 0 Å². The van der Waals surface area contributed by atoms with E-state index in [1.54, 1.807) is 10.6 Å². The van der Waals surface area contributed by atoms with Crippen LogP contribution in [0, 0.1) is 0 Å². The Kier molecular flexibility index (Phi) is 7.29. The lowest BCUT2D eigenvalue weighted by Gasteiger charge is -2.24. The predicted octanol–water partition coefficient (Wildman–Crippen LogP) is 4.29. The van der Waals surface area contributed by atoms with Crippen molar-refractivity contribution in [3.8, 4) is 11.1 Å². The van der Waals surface area contributed by atoms with Crippen molar-refractivity contribution < 1.29 is 0 Å². The summed E-state index contributed by atoms with van der Waals surface area (Å²) in [5.41, 5.74) is 4.38. The Morgan fingerprint density at radius 1 is 1.21 bits per heavy atom. The fourth-order valence-corrected chi connectivity index (χ4v) is 3.89. The molecule has 0 aliphatic carbocycles. The number of piperidine rings is 1. The Balaban J connectivity index is 0.00000240. The number of unbranched alkanes of at least 4 members (excludes halogenated alkanes) is 1. The number of halogens is 1. The number of hydrogen-bond donors (Lipinski definition) is 2. The maximum absolute atomic E-state index is 13.2. The summed E-state index contributed by atoms with van der Waals surface area (Å²) in [6.45, 7) is 4.27. The van der Waals surface area contributed by atoms with E-state index < -0.39 is 0 Å². The van der Waals surface area contributed by atoms with Crippen LogP contribution in [0.2, 0.25) is 0 Å². The largest absolute Gasteiger partial charge is 0.381 e. The zero-order chi connectivity index (χ0) is 19.3. The third kappa shape index (κ3) is 4.80. The number of nitrogens with one attached hydrogen (secondary N) is 2. The summed E-state index contributed by atoms with van der Waals surface area (Å²) < 4.78 is 1.64. The Morgan fingerprint density at radius 3 is 2.76 bits per heavy atom. The molecule has 1 saturated heterocycles. The van der Waals surface area contributed by atoms with Gasteiger partial charge >= 0.3 is 0 Å². The van der Waals surface area contributed by atoms with Crippen molar-refractivity contribution in [2.75, 3.05) is 18.4 Å². The van der Waals surface area contributed by atoms with Crippen LogP contribution in [0.5, 0.6) is 0 Å². The molecule has 0 radical (unpaired) electrons. The van der Waals surface area contributed by atoms with Crippen molar-refractivity contribution in [3.63, 3.8) is 0 Å². The third-order valence-electron chi connectivity index (χ3n) is 5.42. The highest BCUT2D eigenvalue weighted by Gasteiger charge is 2.16. The molecule has 3 aromatic rings. The molecule has 29 heavy (non-hydrogen) atoms. The molecule has 0 spiro atoms. The first-order valence-corrected chi connectivity index (χ1v) is 10.3. The van der Waals surface area contributed by atoms with Gasteiger partial charge in [-0.05, 0) is 62.1 Å². The molecular formula is C23H29ClN4O. The van der Waals surface area contributed by atoms with Crippen LogP contribution in [0.15, 0.2) is 53.5 Å². The number of aryl methyl sites for hydroxylation is 1. The van der Waals surface area contributed by atoms with Gasteiger partial charge in [-0.3, -0.25) is 9.20 Å². The Hall–Kier alpha value is -2.37. The van der Waals surface area contributed by atoms with Gasteiger partial charge in [0, 0.05) is 24.5 Å². The van der Waals surface area contributed by atoms with Crippen LogP contribution in [0.1, 0.15) is 38.3 Å². The smallest absolute Gasteiger partial charge is 0.265 e. The van der Waals surface area contributed by atoms with Crippen LogP contribution >= 0.6 is 12.4 Å². The average molecular weight is 413 g/mol. The van der Waals surface area contributed by atoms with Gasteiger partial charge in [0.25, 0.3) is 5.56 Å². The fourth-order valence-electron chi connectivity index (χ4n) is 3.89. The molecule has 0 saturated carbocycles. The first-order valence-electron chi connectivity index (χ1n) is 10.3. The van der Waals surface area contributed by atoms with Crippen molar-refractivity contribution in [3.05, 3.63) is 64.7 Å². The molecule has 1 atom stereocenters. The van der Waals surface area contributed by atoms with E-state index in [4.69, 9.17) is 4.98 Å². The Morgan fingerprint density at radius 2 is 2.03 bits per heavy atom. The van der Waals surface area contributed by atoms with Crippen LogP contribution in [-0.4, -0.2) is 28.5 Å². The van der Waals surface area contributed by atoms with E-state index in [-0.39, 0.29) is 18.0 Å². The number of benzene rings is 1. The van der Waals surface area contributed by atoms with E-state index in [9.17, 15) is 4.79 Å². The second kappa shape index (κ2) is 9.90. The molecule has 6 heteroatoms. The van der Waals surface area contributed by atoms with E-state index in [2.05, 4.69) is 29.7 Å². The lowest BCUT2D eigenvalue weighted by molar-refractivity contribution is 0.480. The molecule has 1 aliphatic rings. The van der Waals surface area contributed by atoms with E-state index in [1.165, 1.54) is 12.8 Å². The number of rotatable bonds is 6. The summed E-state index contributed by atoms with van der Waals surface area (Å²) in [5.74, 6) is 0. The highest BCUT2D eigenvalue weighted by molar-refractivity contribution is 5.85. The maximum Gasteiger partial charge on any atom is 0.265 e. The van der Waals surface area contributed by atoms with Crippen molar-refractivity contribution in [1.82, 2.24) is 14.7 Å². The average Bonchev–Trinajstić information content (AvgIpc) is 2.74. The second-order valence-electron chi connectivity index (χ2n) is 7.54. The SMILES string of the molecule is CCCCc1nc2ccccn2c(=O)c1-c1ccc(NC2CCCNC2)cc1.Cl. The monoisotopic (exact) mass is 412 g/mol. The van der Waals surface area contributed by atoms with Crippen molar-refractivity contribution >= 4 is 23.7 Å². The molecule has 4 rings (SSSR count). The highest BCUT2D eigenvalue weighted by Crippen LogP contribution is 2.24. The molecule has 0 bridgehead atoms. The number of nitrogens with zero attached hydrogens (tertiary/aromatic N) is 2. The number of aromatic nitrogens is 2. The van der Waals surface area contributed by atoms with Gasteiger partial charge in [-0.1, -0.05) is 31.5 Å². The number of hydrogen-bond acceptors (Lipinski definition) is 4. The molecule has 1 aliphatic heterocycles. The first-order chi connectivity index (χ1) is 13.8. The van der Waals surface area contributed by atoms with Crippen molar-refractivity contribution in [2.24, 2.45) is 0 Å². The van der Waals surface area contributed by atoms with Gasteiger partial charge in [-0.15, -0.1) is 12.4 Å². The van der Waals surface area contributed by atoms with E-state index in [0.29, 0.717) is 11.7 Å². The summed E-state index contributed by atoms with van der Waals surface area (Å²) in [6, 6.07) is 14.4. The molecular weight excluding hydrogens is 384 g/mol. The molecule has 0 amide bonds. The first kappa shape index (κ1) is 21.3. The zero-order valence-corrected chi connectivity index (χ0v) is 17.7. The number of fused-ring (bicyclic) bond motifs is 1. The third-order valence-corrected chi connectivity index (χ3v) is 5.42. The van der Waals surface area contributed by atoms with Crippen LogP contribution < -0.4 is 16.2 Å². The Bertz CT molecular complexity index is 994. The minimum absolute atomic E-state index is 0. The summed E-state index contributed by atoms with van der Waals surface area (Å²) in [7, 11) is 0. The number of pyridine rings is 1. The molecule has 154 valence electrons. The second-order valence-corrected chi connectivity index (χ2v) is 7.54. The van der Waals surface area contributed by atoms with Gasteiger partial charge in [0.1, 0.15) is 5.65 Å². The minimum atomic E-state index is 0. The molecule has 1 fully saturated rings. The van der Waals surface area contributed by atoms with Gasteiger partial charge in [-0.2, -0.15) is 0 Å². The highest BCUT2D eigenvalue weighted by atomic mass is 35.5. The predicted molar refractivity (Wildman–Crippen MR) is 122 cm³/mol. The van der Waals surface area contributed by atoms with E-state index in [0.717, 1.165) is 54.9 Å². The van der Waals surface area contributed by atoms with Gasteiger partial charge in [0.15, 0.2) is 0 Å². The summed E-state index contributed by atoms with van der Waals surface area (Å²) in [5, 5.41) is 7.02. The van der Waals surface area contributed by atoms with Crippen molar-refractivity contribution in [2.45, 2.75) is 45.1 Å². The lowest BCUT2D eigenvalue weighted by Crippen LogP contribution is -2.38. The zero-order valence-electron chi connectivity index (χ0n) is 16.9. The standard InChI is InChI=1S/C23H28N4O.ClH/c1-2-3-8-20-22(23(28)27-15-5-4-9-21(27)26-20)17-10-12-18(13-11-17)25-19-7-6-14-24-16-19;/h4-5,9-13,15,19,24-25H,2-3,6-8,14,16H2,1H3;1H. The summed E-state index contributed by atoms with van der Waals surface area (Å²) in [6.07, 6.45) is 7.11. The van der Waals surface area contributed by atoms with Crippen molar-refractivity contribution in [1.29, 1.82) is 0 Å². The van der Waals surface area contributed by atoms with Crippen LogP contribution in [0.25, 0.3) is 16.8 Å². The van der Waals surface area contributed by atoms with Gasteiger partial charge in [-0.25, -0.2) is 4.98 Å². The minimum Gasteiger partial charge on any atom is -0.381 e. The lowest BCUT2D eigenvalue weighted by atomic mass is 10.0. The normalized spacial score (nSPS) is 16.4. The molecule has 2 aromatic heterocycles. The molecule has 3 heterocycles. The van der Waals surface area contributed by atoms with Crippen LogP contribution in [-0.2, 0) is 6.42 Å². The van der Waals surface area contributed by atoms with E-state index in [1.807, 2.05) is 30.3 Å². The molecule has 5 nitrogen and oxygen atoms in total. The molecule has 1 aromatic carbocycles. The fraction of sp³-hybridized carbons (Fsp3) is 0.391. The van der Waals surface area contributed by atoms with E-state index >= 15 is 0 Å². The Labute approximate surface area is 178 Å². The quantitative estimate of drug-likeness (QED) is 0.634. The topological polar surface area (TPSA) is 58.4 Å². The van der Waals surface area contributed by atoms with Crippen LogP contribution in [0.3, 0.4) is 0 Å². The van der Waals surface area contributed by atoms with Crippen LogP contribution in [0.4, 0.5) is 5.69 Å². The summed E-state index contributed by atoms with van der Waals surface area (Å²) >= 11 is 0. The van der Waals surface area contributed by atoms with Gasteiger partial charge in [0.05, 0.1) is 11.3 Å². The summed E-state index contributed by atoms with van der Waals surface area (Å²) in [4.78, 5) is 18.0. The maximum atomic E-state index is 13.2. The molecule has 2 N–H and O–H groups in total. The van der Waals surface area contributed by atoms with Gasteiger partial charge < -0.3 is 10.6 Å². The molecule has 1 unspecified atom stereocenters.